The summed E-state index contributed by atoms with van der Waals surface area (Å²) < 4.78 is 24.2. The van der Waals surface area contributed by atoms with Gasteiger partial charge >= 0.3 is 5.69 Å². The van der Waals surface area contributed by atoms with Gasteiger partial charge in [-0.15, -0.1) is 0 Å². The maximum absolute atomic E-state index is 13.3. The summed E-state index contributed by atoms with van der Waals surface area (Å²) >= 11 is 0. The van der Waals surface area contributed by atoms with Crippen LogP contribution in [0.1, 0.15) is 0 Å². The quantitative estimate of drug-likeness (QED) is 0.490. The second-order valence-electron chi connectivity index (χ2n) is 5.50. The van der Waals surface area contributed by atoms with Crippen LogP contribution in [0.3, 0.4) is 0 Å². The van der Waals surface area contributed by atoms with Gasteiger partial charge < -0.3 is 14.8 Å². The Morgan fingerprint density at radius 2 is 1.86 bits per heavy atom. The van der Waals surface area contributed by atoms with Gasteiger partial charge in [-0.25, -0.2) is 4.98 Å². The van der Waals surface area contributed by atoms with E-state index < -0.39 is 22.3 Å². The number of hydrogen-bond acceptors (Lipinski definition) is 6. The maximum atomic E-state index is 13.3. The largest absolute Gasteiger partial charge is 0.484 e. The number of anilines is 1. The molecule has 0 aliphatic rings. The van der Waals surface area contributed by atoms with Crippen LogP contribution in [0.25, 0.3) is 0 Å². The highest BCUT2D eigenvalue weighted by Crippen LogP contribution is 2.23. The number of ether oxygens (including phenoxy) is 2. The van der Waals surface area contributed by atoms with Crippen molar-refractivity contribution < 1.29 is 23.6 Å². The Hall–Kier alpha value is -4.01. The molecule has 1 N–H and O–H groups in total. The Morgan fingerprint density at radius 1 is 1.11 bits per heavy atom. The maximum Gasteiger partial charge on any atom is 0.306 e. The van der Waals surface area contributed by atoms with Crippen molar-refractivity contribution in [3.8, 4) is 17.4 Å². The summed E-state index contributed by atoms with van der Waals surface area (Å²) in [5.41, 5.74) is -0.622. The average molecular weight is 383 g/mol. The molecule has 0 bridgehead atoms. The Morgan fingerprint density at radius 3 is 2.54 bits per heavy atom. The summed E-state index contributed by atoms with van der Waals surface area (Å²) in [5.74, 6) is -0.103. The zero-order valence-electron chi connectivity index (χ0n) is 14.4. The molecule has 3 rings (SSSR count). The van der Waals surface area contributed by atoms with Crippen molar-refractivity contribution in [3.63, 3.8) is 0 Å². The van der Waals surface area contributed by atoms with Crippen molar-refractivity contribution >= 4 is 17.3 Å². The summed E-state index contributed by atoms with van der Waals surface area (Å²) in [4.78, 5) is 25.8. The summed E-state index contributed by atoms with van der Waals surface area (Å²) in [5, 5.41) is 13.1. The summed E-state index contributed by atoms with van der Waals surface area (Å²) in [6.45, 7) is -0.328. The average Bonchev–Trinajstić information content (AvgIpc) is 2.69. The number of benzene rings is 2. The lowest BCUT2D eigenvalue weighted by Gasteiger charge is -2.09. The van der Waals surface area contributed by atoms with Crippen LogP contribution in [0.15, 0.2) is 66.9 Å². The predicted molar refractivity (Wildman–Crippen MR) is 97.9 cm³/mol. The molecule has 0 atom stereocenters. The van der Waals surface area contributed by atoms with E-state index >= 15 is 0 Å². The molecule has 1 amide bonds. The number of aromatic nitrogens is 1. The van der Waals surface area contributed by atoms with Gasteiger partial charge in [0.2, 0.25) is 11.7 Å². The van der Waals surface area contributed by atoms with Crippen LogP contribution in [-0.2, 0) is 4.79 Å². The van der Waals surface area contributed by atoms with E-state index in [9.17, 15) is 19.3 Å². The summed E-state index contributed by atoms with van der Waals surface area (Å²) in [6, 6.07) is 14.9. The second kappa shape index (κ2) is 8.58. The Balaban J connectivity index is 1.53. The van der Waals surface area contributed by atoms with E-state index in [1.165, 1.54) is 6.07 Å². The second-order valence-corrected chi connectivity index (χ2v) is 5.50. The number of hydrogen-bond donors (Lipinski definition) is 1. The lowest BCUT2D eigenvalue weighted by Crippen LogP contribution is -2.20. The number of halogens is 1. The lowest BCUT2D eigenvalue weighted by molar-refractivity contribution is -0.387. The molecule has 1 heterocycles. The molecule has 28 heavy (non-hydrogen) atoms. The highest BCUT2D eigenvalue weighted by atomic mass is 19.1. The minimum atomic E-state index is -0.979. The number of nitrogens with zero attached hydrogens (tertiary/aromatic N) is 2. The van der Waals surface area contributed by atoms with E-state index in [1.807, 2.05) is 0 Å². The van der Waals surface area contributed by atoms with E-state index in [1.54, 1.807) is 48.7 Å². The molecule has 8 nitrogen and oxygen atoms in total. The van der Waals surface area contributed by atoms with Gasteiger partial charge in [-0.3, -0.25) is 14.9 Å². The monoisotopic (exact) mass is 383 g/mol. The molecule has 9 heteroatoms. The first-order chi connectivity index (χ1) is 13.5. The van der Waals surface area contributed by atoms with Crippen molar-refractivity contribution in [3.05, 3.63) is 82.8 Å². The molecule has 0 fully saturated rings. The zero-order valence-corrected chi connectivity index (χ0v) is 14.4. The molecule has 0 saturated carbocycles. The molecule has 0 spiro atoms. The molecule has 142 valence electrons. The Labute approximate surface area is 158 Å². The molecule has 0 unspecified atom stereocenters. The SMILES string of the molecule is O=C(COc1ccc(Oc2ccccn2)cc1)Nc1ccc(F)c([N+](=O)[O-])c1. The molecule has 0 saturated heterocycles. The van der Waals surface area contributed by atoms with Crippen LogP contribution < -0.4 is 14.8 Å². The fourth-order valence-corrected chi connectivity index (χ4v) is 2.21. The van der Waals surface area contributed by atoms with Crippen LogP contribution in [-0.4, -0.2) is 22.4 Å². The van der Waals surface area contributed by atoms with Crippen LogP contribution in [0.2, 0.25) is 0 Å². The van der Waals surface area contributed by atoms with Gasteiger partial charge in [-0.1, -0.05) is 6.07 Å². The van der Waals surface area contributed by atoms with Gasteiger partial charge in [0.1, 0.15) is 11.5 Å². The van der Waals surface area contributed by atoms with E-state index in [-0.39, 0.29) is 12.3 Å². The fourth-order valence-electron chi connectivity index (χ4n) is 2.21. The van der Waals surface area contributed by atoms with Gasteiger partial charge in [0.25, 0.3) is 5.91 Å². The molecule has 2 aromatic carbocycles. The van der Waals surface area contributed by atoms with Gasteiger partial charge in [0, 0.05) is 24.0 Å². The molecule has 0 aliphatic heterocycles. The minimum absolute atomic E-state index is 0.0980. The molecule has 1 aromatic heterocycles. The Bertz CT molecular complexity index is 981. The number of rotatable bonds is 7. The normalized spacial score (nSPS) is 10.2. The predicted octanol–water partition coefficient (Wildman–Crippen LogP) is 3.94. The number of carbonyl (C=O) groups excluding carboxylic acids is 1. The summed E-state index contributed by atoms with van der Waals surface area (Å²) in [7, 11) is 0. The van der Waals surface area contributed by atoms with Gasteiger partial charge in [0.15, 0.2) is 6.61 Å². The highest BCUT2D eigenvalue weighted by molar-refractivity contribution is 5.92. The molecule has 0 radical (unpaired) electrons. The molecule has 3 aromatic rings. The first-order valence-electron chi connectivity index (χ1n) is 8.07. The summed E-state index contributed by atoms with van der Waals surface area (Å²) in [6.07, 6.45) is 1.61. The number of pyridine rings is 1. The van der Waals surface area contributed by atoms with Crippen molar-refractivity contribution in [2.75, 3.05) is 11.9 Å². The van der Waals surface area contributed by atoms with Crippen LogP contribution in [0.5, 0.6) is 17.4 Å². The van der Waals surface area contributed by atoms with Crippen molar-refractivity contribution in [1.29, 1.82) is 0 Å². The van der Waals surface area contributed by atoms with Crippen LogP contribution in [0, 0.1) is 15.9 Å². The molecular formula is C19H14FN3O5. The lowest BCUT2D eigenvalue weighted by atomic mass is 10.2. The third-order valence-corrected chi connectivity index (χ3v) is 3.48. The zero-order chi connectivity index (χ0) is 19.9. The van der Waals surface area contributed by atoms with E-state index in [0.29, 0.717) is 17.4 Å². The number of carbonyl (C=O) groups is 1. The van der Waals surface area contributed by atoms with Crippen LogP contribution in [0.4, 0.5) is 15.8 Å². The topological polar surface area (TPSA) is 104 Å². The molecular weight excluding hydrogens is 369 g/mol. The van der Waals surface area contributed by atoms with E-state index in [4.69, 9.17) is 9.47 Å². The number of amides is 1. The first-order valence-corrected chi connectivity index (χ1v) is 8.07. The minimum Gasteiger partial charge on any atom is -0.484 e. The first kappa shape index (κ1) is 18.8. The fraction of sp³-hybridized carbons (Fsp3) is 0.0526. The van der Waals surface area contributed by atoms with Gasteiger partial charge in [-0.2, -0.15) is 4.39 Å². The number of nitro groups is 1. The number of nitro benzene ring substituents is 1. The third-order valence-electron chi connectivity index (χ3n) is 3.48. The van der Waals surface area contributed by atoms with Gasteiger partial charge in [-0.05, 0) is 42.5 Å². The standard InChI is InChI=1S/C19H14FN3O5/c20-16-9-4-13(11-17(16)23(25)26)22-18(24)12-27-14-5-7-15(8-6-14)28-19-3-1-2-10-21-19/h1-11H,12H2,(H,22,24). The van der Waals surface area contributed by atoms with E-state index in [0.717, 1.165) is 12.1 Å². The van der Waals surface area contributed by atoms with Crippen molar-refractivity contribution in [1.82, 2.24) is 4.98 Å². The number of nitrogens with one attached hydrogen (secondary N) is 1. The van der Waals surface area contributed by atoms with E-state index in [2.05, 4.69) is 10.3 Å². The van der Waals surface area contributed by atoms with Crippen molar-refractivity contribution in [2.24, 2.45) is 0 Å². The molecule has 0 aliphatic carbocycles. The van der Waals surface area contributed by atoms with Gasteiger partial charge in [0.05, 0.1) is 4.92 Å². The van der Waals surface area contributed by atoms with Crippen molar-refractivity contribution in [2.45, 2.75) is 0 Å². The Kier molecular flexibility index (Phi) is 5.75. The smallest absolute Gasteiger partial charge is 0.306 e. The van der Waals surface area contributed by atoms with Crippen LogP contribution >= 0.6 is 0 Å². The highest BCUT2D eigenvalue weighted by Gasteiger charge is 2.15. The third kappa shape index (κ3) is 5.01.